The molecule has 14 heteroatoms. The molecule has 1 aromatic rings. The summed E-state index contributed by atoms with van der Waals surface area (Å²) in [5, 5.41) is 5.38. The van der Waals surface area contributed by atoms with Crippen molar-refractivity contribution in [3.8, 4) is 0 Å². The number of ether oxygens (including phenoxy) is 2. The molecule has 0 unspecified atom stereocenters. The summed E-state index contributed by atoms with van der Waals surface area (Å²) in [7, 11) is -7.48. The van der Waals surface area contributed by atoms with E-state index in [2.05, 4.69) is 10.6 Å². The molecule has 1 aromatic carbocycles. The van der Waals surface area contributed by atoms with E-state index in [0.717, 1.165) is 12.5 Å². The van der Waals surface area contributed by atoms with Crippen molar-refractivity contribution in [2.24, 2.45) is 11.8 Å². The van der Waals surface area contributed by atoms with Crippen LogP contribution in [0, 0.1) is 11.8 Å². The van der Waals surface area contributed by atoms with Crippen LogP contribution in [0.2, 0.25) is 0 Å². The molecule has 0 aliphatic carbocycles. The zero-order valence-electron chi connectivity index (χ0n) is 21.7. The average molecular weight is 565 g/mol. The van der Waals surface area contributed by atoms with E-state index in [0.29, 0.717) is 5.56 Å². The van der Waals surface area contributed by atoms with E-state index < -0.39 is 62.6 Å². The number of amides is 2. The van der Waals surface area contributed by atoms with Crippen LogP contribution in [0.1, 0.15) is 39.5 Å². The fraction of sp³-hybridized carbons (Fsp3) is 0.652. The monoisotopic (exact) mass is 564 g/mol. The molecular formula is C23H36N2O10S2. The molecule has 210 valence electrons. The van der Waals surface area contributed by atoms with Crippen molar-refractivity contribution < 1.29 is 44.3 Å². The van der Waals surface area contributed by atoms with Crippen LogP contribution in [-0.4, -0.2) is 78.7 Å². The van der Waals surface area contributed by atoms with E-state index in [1.165, 1.54) is 0 Å². The van der Waals surface area contributed by atoms with E-state index in [9.17, 15) is 26.4 Å². The first kappa shape index (κ1) is 31.1. The van der Waals surface area contributed by atoms with Crippen molar-refractivity contribution in [3.63, 3.8) is 0 Å². The van der Waals surface area contributed by atoms with Crippen LogP contribution < -0.4 is 10.6 Å². The van der Waals surface area contributed by atoms with E-state index >= 15 is 0 Å². The third kappa shape index (κ3) is 10.3. The first-order valence-corrected chi connectivity index (χ1v) is 15.4. The summed E-state index contributed by atoms with van der Waals surface area (Å²) >= 11 is 0. The van der Waals surface area contributed by atoms with Gasteiger partial charge in [0.2, 0.25) is 0 Å². The number of rotatable bonds is 13. The molecule has 1 fully saturated rings. The Morgan fingerprint density at radius 1 is 0.784 bits per heavy atom. The Labute approximate surface area is 218 Å². The molecule has 0 spiro atoms. The van der Waals surface area contributed by atoms with Gasteiger partial charge < -0.3 is 20.1 Å². The average Bonchev–Trinajstić information content (AvgIpc) is 3.24. The topological polar surface area (TPSA) is 163 Å². The molecule has 1 heterocycles. The number of carbonyl (C=O) groups is 2. The van der Waals surface area contributed by atoms with Crippen LogP contribution in [-0.2, 0) is 47.7 Å². The SMILES string of the molecule is CC(C)[C@@H](COS(C)(=O)=O)NC(=O)[C@@H]1OC(c2ccccc2)O[C@H]1C(=O)N[C@H](COS(C)(=O)=O)C(C)C. The number of benzene rings is 1. The van der Waals surface area contributed by atoms with Gasteiger partial charge in [0.15, 0.2) is 18.5 Å². The maximum atomic E-state index is 13.2. The molecule has 4 atom stereocenters. The van der Waals surface area contributed by atoms with Crippen molar-refractivity contribution in [2.75, 3.05) is 25.7 Å². The van der Waals surface area contributed by atoms with Gasteiger partial charge in [-0.1, -0.05) is 58.0 Å². The van der Waals surface area contributed by atoms with Gasteiger partial charge in [0.1, 0.15) is 0 Å². The van der Waals surface area contributed by atoms with Crippen LogP contribution in [0.25, 0.3) is 0 Å². The van der Waals surface area contributed by atoms with Gasteiger partial charge in [0, 0.05) is 5.56 Å². The highest BCUT2D eigenvalue weighted by Gasteiger charge is 2.46. The molecule has 0 bridgehead atoms. The van der Waals surface area contributed by atoms with Crippen LogP contribution in [0.4, 0.5) is 0 Å². The van der Waals surface area contributed by atoms with Gasteiger partial charge in [0.25, 0.3) is 32.1 Å². The minimum absolute atomic E-state index is 0.205. The molecule has 1 aliphatic heterocycles. The van der Waals surface area contributed by atoms with Gasteiger partial charge in [-0.25, -0.2) is 0 Å². The third-order valence-corrected chi connectivity index (χ3v) is 6.72. The minimum Gasteiger partial charge on any atom is -0.348 e. The second kappa shape index (κ2) is 13.1. The summed E-state index contributed by atoms with van der Waals surface area (Å²) in [4.78, 5) is 26.5. The summed E-state index contributed by atoms with van der Waals surface area (Å²) in [6.45, 7) is 6.49. The fourth-order valence-electron chi connectivity index (χ4n) is 3.33. The van der Waals surface area contributed by atoms with Gasteiger partial charge in [-0.3, -0.25) is 18.0 Å². The van der Waals surface area contributed by atoms with Gasteiger partial charge in [-0.15, -0.1) is 0 Å². The maximum absolute atomic E-state index is 13.2. The van der Waals surface area contributed by atoms with Crippen molar-refractivity contribution in [3.05, 3.63) is 35.9 Å². The molecule has 2 amide bonds. The Balaban J connectivity index is 2.25. The molecule has 2 N–H and O–H groups in total. The predicted octanol–water partition coefficient (Wildman–Crippen LogP) is 0.703. The number of carbonyl (C=O) groups excluding carboxylic acids is 2. The van der Waals surface area contributed by atoms with E-state index in [1.807, 2.05) is 0 Å². The number of hydrogen-bond donors (Lipinski definition) is 2. The van der Waals surface area contributed by atoms with Gasteiger partial charge in [-0.05, 0) is 11.8 Å². The van der Waals surface area contributed by atoms with Crippen molar-refractivity contribution in [2.45, 2.75) is 58.3 Å². The first-order chi connectivity index (χ1) is 17.1. The number of hydrogen-bond acceptors (Lipinski definition) is 10. The molecule has 0 radical (unpaired) electrons. The maximum Gasteiger partial charge on any atom is 0.264 e. The summed E-state index contributed by atoms with van der Waals surface area (Å²) < 4.78 is 67.1. The first-order valence-electron chi connectivity index (χ1n) is 11.7. The standard InChI is InChI=1S/C23H36N2O10S2/c1-14(2)17(12-32-36(5,28)29)24-21(26)19-20(35-23(34-19)16-10-8-7-9-11-16)22(27)25-18(15(3)4)13-33-37(6,30)31/h7-11,14-15,17-20,23H,12-13H2,1-6H3,(H,24,26)(H,25,27)/t17-,18-,19-,20-/m1/s1. The quantitative estimate of drug-likeness (QED) is 0.326. The Morgan fingerprint density at radius 3 is 1.49 bits per heavy atom. The minimum atomic E-state index is -3.74. The van der Waals surface area contributed by atoms with Gasteiger partial charge >= 0.3 is 0 Å². The lowest BCUT2D eigenvalue weighted by atomic mass is 10.0. The van der Waals surface area contributed by atoms with Gasteiger partial charge in [0.05, 0.1) is 37.8 Å². The Kier molecular flexibility index (Phi) is 11.0. The summed E-state index contributed by atoms with van der Waals surface area (Å²) in [5.41, 5.74) is 0.581. The van der Waals surface area contributed by atoms with E-state index in [1.54, 1.807) is 58.0 Å². The highest BCUT2D eigenvalue weighted by atomic mass is 32.2. The van der Waals surface area contributed by atoms with Crippen LogP contribution in [0.3, 0.4) is 0 Å². The molecule has 12 nitrogen and oxygen atoms in total. The molecule has 0 aromatic heterocycles. The molecule has 0 saturated carbocycles. The van der Waals surface area contributed by atoms with Crippen LogP contribution in [0.5, 0.6) is 0 Å². The zero-order valence-corrected chi connectivity index (χ0v) is 23.4. The summed E-state index contributed by atoms with van der Waals surface area (Å²) in [5.74, 6) is -1.79. The van der Waals surface area contributed by atoms with E-state index in [4.69, 9.17) is 17.8 Å². The molecule has 1 aliphatic rings. The lowest BCUT2D eigenvalue weighted by Crippen LogP contribution is -2.54. The Hall–Kier alpha value is -2.10. The second-order valence-corrected chi connectivity index (χ2v) is 12.8. The van der Waals surface area contributed by atoms with Crippen LogP contribution in [0.15, 0.2) is 30.3 Å². The normalized spacial score (nSPS) is 20.6. The van der Waals surface area contributed by atoms with Crippen molar-refractivity contribution in [1.29, 1.82) is 0 Å². The second-order valence-electron chi connectivity index (χ2n) is 9.55. The predicted molar refractivity (Wildman–Crippen MR) is 134 cm³/mol. The lowest BCUT2D eigenvalue weighted by Gasteiger charge is -2.26. The molecule has 1 saturated heterocycles. The van der Waals surface area contributed by atoms with Crippen molar-refractivity contribution >= 4 is 32.1 Å². The molecular weight excluding hydrogens is 528 g/mol. The Bertz CT molecular complexity index is 1050. The molecule has 2 rings (SSSR count). The zero-order chi connectivity index (χ0) is 28.0. The fourth-order valence-corrected chi connectivity index (χ4v) is 4.12. The highest BCUT2D eigenvalue weighted by Crippen LogP contribution is 2.32. The number of nitrogens with one attached hydrogen (secondary N) is 2. The third-order valence-electron chi connectivity index (χ3n) is 5.59. The van der Waals surface area contributed by atoms with Gasteiger partial charge in [-0.2, -0.15) is 16.8 Å². The lowest BCUT2D eigenvalue weighted by molar-refractivity contribution is -0.138. The Morgan fingerprint density at radius 2 is 1.16 bits per heavy atom. The molecule has 37 heavy (non-hydrogen) atoms. The smallest absolute Gasteiger partial charge is 0.264 e. The van der Waals surface area contributed by atoms with Crippen LogP contribution >= 0.6 is 0 Å². The highest BCUT2D eigenvalue weighted by molar-refractivity contribution is 7.86. The largest absolute Gasteiger partial charge is 0.348 e. The summed E-state index contributed by atoms with van der Waals surface area (Å²) in [6, 6.07) is 7.32. The summed E-state index contributed by atoms with van der Waals surface area (Å²) in [6.07, 6.45) is -1.98. The van der Waals surface area contributed by atoms with E-state index in [-0.39, 0.29) is 25.0 Å². The van der Waals surface area contributed by atoms with Crippen molar-refractivity contribution in [1.82, 2.24) is 10.6 Å².